The Balaban J connectivity index is 2.51. The van der Waals surface area contributed by atoms with Crippen LogP contribution in [0.25, 0.3) is 10.4 Å². The average molecular weight is 308 g/mol. The van der Waals surface area contributed by atoms with Gasteiger partial charge in [-0.25, -0.2) is 0 Å². The first-order chi connectivity index (χ1) is 10.5. The minimum Gasteiger partial charge on any atom is -0.197 e. The molecule has 1 aromatic carbocycles. The predicted molar refractivity (Wildman–Crippen MR) is 91.4 cm³/mol. The maximum Gasteiger partial charge on any atom is 0.0991 e. The minimum absolute atomic E-state index is 0.241. The third-order valence-corrected chi connectivity index (χ3v) is 5.34. The zero-order chi connectivity index (χ0) is 16.3. The Labute approximate surface area is 136 Å². The van der Waals surface area contributed by atoms with Crippen molar-refractivity contribution in [1.82, 2.24) is 0 Å². The van der Waals surface area contributed by atoms with Crippen LogP contribution in [0.5, 0.6) is 0 Å². The van der Waals surface area contributed by atoms with Gasteiger partial charge in [0.05, 0.1) is 23.1 Å². The third-order valence-electron chi connectivity index (χ3n) is 4.36. The lowest BCUT2D eigenvalue weighted by Crippen LogP contribution is -2.35. The molecule has 1 heterocycles. The molecule has 2 aromatic rings. The fraction of sp³-hybridized carbons (Fsp3) is 0.368. The number of nitrogens with zero attached hydrogens (tertiary/aromatic N) is 2. The molecule has 0 atom stereocenters. The highest BCUT2D eigenvalue weighted by atomic mass is 32.1. The predicted octanol–water partition coefficient (Wildman–Crippen LogP) is 5.36. The van der Waals surface area contributed by atoms with E-state index >= 15 is 0 Å². The zero-order valence-electron chi connectivity index (χ0n) is 13.4. The molecule has 0 unspecified atom stereocenters. The molecule has 0 aliphatic carbocycles. The van der Waals surface area contributed by atoms with Gasteiger partial charge in [-0.15, -0.1) is 11.3 Å². The van der Waals surface area contributed by atoms with E-state index in [1.807, 2.05) is 18.2 Å². The fourth-order valence-corrected chi connectivity index (χ4v) is 4.08. The van der Waals surface area contributed by atoms with Crippen molar-refractivity contribution in [3.8, 4) is 22.6 Å². The van der Waals surface area contributed by atoms with E-state index in [9.17, 15) is 5.26 Å². The van der Waals surface area contributed by atoms with Crippen LogP contribution in [0.3, 0.4) is 0 Å². The maximum absolute atomic E-state index is 9.84. The van der Waals surface area contributed by atoms with E-state index < -0.39 is 5.41 Å². The molecule has 2 rings (SSSR count). The SMILES string of the molecule is CC(C)C(C#N)(c1csc(-c2cccc(C#N)c2)c1)C(C)C. The molecule has 1 aromatic heterocycles. The van der Waals surface area contributed by atoms with Crippen LogP contribution < -0.4 is 0 Å². The summed E-state index contributed by atoms with van der Waals surface area (Å²) in [6.07, 6.45) is 0. The second-order valence-electron chi connectivity index (χ2n) is 6.18. The maximum atomic E-state index is 9.84. The van der Waals surface area contributed by atoms with E-state index in [0.29, 0.717) is 5.56 Å². The Bertz CT molecular complexity index is 733. The van der Waals surface area contributed by atoms with Gasteiger partial charge in [-0.05, 0) is 46.5 Å². The summed E-state index contributed by atoms with van der Waals surface area (Å²) in [6.45, 7) is 8.43. The van der Waals surface area contributed by atoms with Crippen LogP contribution >= 0.6 is 11.3 Å². The molecule has 0 spiro atoms. The highest BCUT2D eigenvalue weighted by molar-refractivity contribution is 7.13. The van der Waals surface area contributed by atoms with E-state index in [-0.39, 0.29) is 11.8 Å². The smallest absolute Gasteiger partial charge is 0.0991 e. The average Bonchev–Trinajstić information content (AvgIpc) is 2.98. The molecular formula is C19H20N2S. The van der Waals surface area contributed by atoms with Crippen molar-refractivity contribution in [2.24, 2.45) is 11.8 Å². The van der Waals surface area contributed by atoms with Crippen molar-refractivity contribution in [3.05, 3.63) is 46.8 Å². The summed E-state index contributed by atoms with van der Waals surface area (Å²) < 4.78 is 0. The van der Waals surface area contributed by atoms with Crippen LogP contribution in [-0.2, 0) is 5.41 Å². The van der Waals surface area contributed by atoms with Crippen LogP contribution in [0.1, 0.15) is 38.8 Å². The van der Waals surface area contributed by atoms with Gasteiger partial charge in [0, 0.05) is 4.88 Å². The largest absolute Gasteiger partial charge is 0.197 e. The molecule has 3 heteroatoms. The van der Waals surface area contributed by atoms with Crippen LogP contribution in [0.2, 0.25) is 0 Å². The lowest BCUT2D eigenvalue weighted by atomic mass is 9.66. The summed E-state index contributed by atoms with van der Waals surface area (Å²) in [5.74, 6) is 0.482. The Hall–Kier alpha value is -2.10. The topological polar surface area (TPSA) is 47.6 Å². The van der Waals surface area contributed by atoms with Gasteiger partial charge in [0.2, 0.25) is 0 Å². The molecule has 0 amide bonds. The Morgan fingerprint density at radius 3 is 2.27 bits per heavy atom. The van der Waals surface area contributed by atoms with Crippen LogP contribution in [0.4, 0.5) is 0 Å². The molecule has 0 aliphatic rings. The van der Waals surface area contributed by atoms with E-state index in [4.69, 9.17) is 5.26 Å². The first-order valence-electron chi connectivity index (χ1n) is 7.46. The number of hydrogen-bond acceptors (Lipinski definition) is 3. The van der Waals surface area contributed by atoms with Gasteiger partial charge in [-0.2, -0.15) is 10.5 Å². The lowest BCUT2D eigenvalue weighted by Gasteiger charge is -2.34. The second kappa shape index (κ2) is 6.34. The molecule has 0 fully saturated rings. The number of hydrogen-bond donors (Lipinski definition) is 0. The van der Waals surface area contributed by atoms with Crippen molar-refractivity contribution in [3.63, 3.8) is 0 Å². The summed E-state index contributed by atoms with van der Waals surface area (Å²) in [7, 11) is 0. The molecule has 0 N–H and O–H groups in total. The molecule has 0 bridgehead atoms. The van der Waals surface area contributed by atoms with E-state index in [2.05, 4.69) is 51.3 Å². The fourth-order valence-electron chi connectivity index (χ4n) is 3.10. The van der Waals surface area contributed by atoms with Gasteiger partial charge in [0.15, 0.2) is 0 Å². The minimum atomic E-state index is -0.471. The van der Waals surface area contributed by atoms with Crippen LogP contribution in [0, 0.1) is 34.5 Å². The Morgan fingerprint density at radius 1 is 1.05 bits per heavy atom. The molecule has 0 saturated carbocycles. The van der Waals surface area contributed by atoms with Crippen molar-refractivity contribution >= 4 is 11.3 Å². The first kappa shape index (κ1) is 16.3. The normalized spacial score (nSPS) is 11.5. The van der Waals surface area contributed by atoms with Crippen LogP contribution in [0.15, 0.2) is 35.7 Å². The lowest BCUT2D eigenvalue weighted by molar-refractivity contribution is 0.296. The zero-order valence-corrected chi connectivity index (χ0v) is 14.2. The van der Waals surface area contributed by atoms with E-state index in [0.717, 1.165) is 16.0 Å². The third kappa shape index (κ3) is 2.65. The number of benzene rings is 1. The van der Waals surface area contributed by atoms with Crippen molar-refractivity contribution in [2.45, 2.75) is 33.1 Å². The van der Waals surface area contributed by atoms with Gasteiger partial charge in [0.25, 0.3) is 0 Å². The molecule has 2 nitrogen and oxygen atoms in total. The number of rotatable bonds is 4. The molecule has 0 aliphatic heterocycles. The van der Waals surface area contributed by atoms with Crippen molar-refractivity contribution < 1.29 is 0 Å². The molecule has 112 valence electrons. The number of thiophene rings is 1. The summed E-state index contributed by atoms with van der Waals surface area (Å²) in [5, 5.41) is 21.0. The van der Waals surface area contributed by atoms with Gasteiger partial charge in [-0.3, -0.25) is 0 Å². The highest BCUT2D eigenvalue weighted by Gasteiger charge is 2.40. The quantitative estimate of drug-likeness (QED) is 0.763. The van der Waals surface area contributed by atoms with Gasteiger partial charge >= 0.3 is 0 Å². The Morgan fingerprint density at radius 2 is 1.73 bits per heavy atom. The molecule has 22 heavy (non-hydrogen) atoms. The number of nitriles is 2. The molecular weight excluding hydrogens is 288 g/mol. The van der Waals surface area contributed by atoms with Gasteiger partial charge in [0.1, 0.15) is 0 Å². The monoisotopic (exact) mass is 308 g/mol. The van der Waals surface area contributed by atoms with Crippen LogP contribution in [-0.4, -0.2) is 0 Å². The van der Waals surface area contributed by atoms with E-state index in [1.165, 1.54) is 0 Å². The summed E-state index contributed by atoms with van der Waals surface area (Å²) in [5.41, 5.74) is 2.31. The Kier molecular flexibility index (Phi) is 4.69. The standard InChI is InChI=1S/C19H20N2S/c1-13(2)19(12-21,14(3)4)17-9-18(22-11-17)16-7-5-6-15(8-16)10-20/h5-9,11,13-14H,1-4H3. The van der Waals surface area contributed by atoms with Gasteiger partial charge in [-0.1, -0.05) is 39.8 Å². The summed E-state index contributed by atoms with van der Waals surface area (Å²) in [4.78, 5) is 1.10. The summed E-state index contributed by atoms with van der Waals surface area (Å²) >= 11 is 1.64. The first-order valence-corrected chi connectivity index (χ1v) is 8.34. The van der Waals surface area contributed by atoms with E-state index in [1.54, 1.807) is 17.4 Å². The molecule has 0 radical (unpaired) electrons. The van der Waals surface area contributed by atoms with Gasteiger partial charge < -0.3 is 0 Å². The second-order valence-corrected chi connectivity index (χ2v) is 7.09. The van der Waals surface area contributed by atoms with Crippen molar-refractivity contribution in [2.75, 3.05) is 0 Å². The summed E-state index contributed by atoms with van der Waals surface area (Å²) in [6, 6.07) is 14.5. The highest BCUT2D eigenvalue weighted by Crippen LogP contribution is 2.42. The molecule has 0 saturated heterocycles. The van der Waals surface area contributed by atoms with Crippen molar-refractivity contribution in [1.29, 1.82) is 10.5 Å².